The molecule has 1 spiro atoms. The van der Waals surface area contributed by atoms with E-state index in [1.54, 1.807) is 26.9 Å². The van der Waals surface area contributed by atoms with Gasteiger partial charge in [0.1, 0.15) is 17.4 Å². The molecule has 0 saturated carbocycles. The molecule has 9 heteroatoms. The van der Waals surface area contributed by atoms with Crippen molar-refractivity contribution in [2.45, 2.75) is 76.3 Å². The minimum absolute atomic E-state index is 0.233. The van der Waals surface area contributed by atoms with Crippen LogP contribution >= 0.6 is 0 Å². The molecule has 246 valence electrons. The van der Waals surface area contributed by atoms with Crippen molar-refractivity contribution in [2.24, 2.45) is 11.8 Å². The topological polar surface area (TPSA) is 99.6 Å². The first-order valence-corrected chi connectivity index (χ1v) is 16.5. The van der Waals surface area contributed by atoms with Crippen LogP contribution in [0.5, 0.6) is 5.75 Å². The van der Waals surface area contributed by atoms with Gasteiger partial charge in [0.25, 0.3) is 0 Å². The molecule has 2 bridgehead atoms. The third kappa shape index (κ3) is 5.53. The summed E-state index contributed by atoms with van der Waals surface area (Å²) in [5, 5.41) is 10.5. The summed E-state index contributed by atoms with van der Waals surface area (Å²) in [4.78, 5) is 49.2. The average Bonchev–Trinajstić information content (AvgIpc) is 3.68. The molecule has 3 aliphatic rings. The zero-order valence-corrected chi connectivity index (χ0v) is 27.3. The number of nitrogens with zero attached hydrogens (tertiary/aromatic N) is 3. The highest BCUT2D eigenvalue weighted by atomic mass is 16.5. The molecule has 3 heterocycles. The monoisotopic (exact) mass is 629 g/mol. The van der Waals surface area contributed by atoms with E-state index < -0.39 is 35.1 Å². The molecule has 46 heavy (non-hydrogen) atoms. The zero-order valence-electron chi connectivity index (χ0n) is 27.3. The van der Waals surface area contributed by atoms with Gasteiger partial charge in [-0.25, -0.2) is 0 Å². The second-order valence-electron chi connectivity index (χ2n) is 12.5. The summed E-state index contributed by atoms with van der Waals surface area (Å²) in [5.41, 5.74) is -0.506. The number of hydrogen-bond acceptors (Lipinski definition) is 6. The minimum atomic E-state index is -1.21. The molecule has 0 aliphatic carbocycles. The van der Waals surface area contributed by atoms with Crippen molar-refractivity contribution in [2.75, 3.05) is 31.2 Å². The number of aliphatic hydroxyl groups is 1. The van der Waals surface area contributed by atoms with Crippen molar-refractivity contribution < 1.29 is 29.0 Å². The third-order valence-corrected chi connectivity index (χ3v) is 10.1. The summed E-state index contributed by atoms with van der Waals surface area (Å²) in [5.74, 6) is -1.80. The average molecular weight is 630 g/mol. The van der Waals surface area contributed by atoms with Crippen LogP contribution in [0.15, 0.2) is 79.9 Å². The molecule has 0 aromatic heterocycles. The van der Waals surface area contributed by atoms with Gasteiger partial charge in [-0.1, -0.05) is 56.3 Å². The van der Waals surface area contributed by atoms with Gasteiger partial charge < -0.3 is 29.3 Å². The van der Waals surface area contributed by atoms with Gasteiger partial charge in [0.2, 0.25) is 17.7 Å². The maximum Gasteiger partial charge on any atom is 0.249 e. The van der Waals surface area contributed by atoms with Crippen LogP contribution < -0.4 is 9.64 Å². The van der Waals surface area contributed by atoms with Crippen molar-refractivity contribution >= 4 is 23.4 Å². The Morgan fingerprint density at radius 1 is 1.04 bits per heavy atom. The Morgan fingerprint density at radius 3 is 2.33 bits per heavy atom. The maximum absolute atomic E-state index is 14.8. The fourth-order valence-corrected chi connectivity index (χ4v) is 7.99. The number of aliphatic hydroxyl groups excluding tert-OH is 1. The van der Waals surface area contributed by atoms with E-state index >= 15 is 0 Å². The van der Waals surface area contributed by atoms with Gasteiger partial charge >= 0.3 is 0 Å². The predicted octanol–water partition coefficient (Wildman–Crippen LogP) is 4.74. The molecule has 1 N–H and O–H groups in total. The fraction of sp³-hybridized carbons (Fsp3) is 0.486. The Labute approximate surface area is 272 Å². The Kier molecular flexibility index (Phi) is 10.0. The SMILES string of the molecule is C=CCN(Cc1ccccc1)C(=O)C1N([C@@H](CC)CO)C(=O)[C@@H]2[C@@H](C(=O)N(CC=C)c3ccc(OCC)cc3)[C@@]3(CC)CCC12O3. The van der Waals surface area contributed by atoms with Crippen molar-refractivity contribution in [3.05, 3.63) is 85.5 Å². The number of hydrogen-bond donors (Lipinski definition) is 1. The van der Waals surface area contributed by atoms with Gasteiger partial charge in [-0.3, -0.25) is 14.4 Å². The van der Waals surface area contributed by atoms with Crippen LogP contribution in [-0.2, 0) is 25.7 Å². The molecule has 5 rings (SSSR count). The van der Waals surface area contributed by atoms with E-state index in [-0.39, 0.29) is 37.4 Å². The number of ether oxygens (including phenoxy) is 2. The number of rotatable bonds is 15. The quantitative estimate of drug-likeness (QED) is 0.286. The van der Waals surface area contributed by atoms with Gasteiger partial charge in [0.05, 0.1) is 36.7 Å². The summed E-state index contributed by atoms with van der Waals surface area (Å²) >= 11 is 0. The largest absolute Gasteiger partial charge is 0.494 e. The molecule has 3 saturated heterocycles. The second kappa shape index (κ2) is 13.8. The molecule has 3 fully saturated rings. The molecule has 9 nitrogen and oxygen atoms in total. The highest BCUT2D eigenvalue weighted by Crippen LogP contribution is 2.65. The summed E-state index contributed by atoms with van der Waals surface area (Å²) in [6.45, 7) is 14.6. The van der Waals surface area contributed by atoms with Gasteiger partial charge in [0.15, 0.2) is 0 Å². The number of amides is 3. The van der Waals surface area contributed by atoms with Crippen LogP contribution in [0.3, 0.4) is 0 Å². The van der Waals surface area contributed by atoms with Crippen molar-refractivity contribution in [3.8, 4) is 5.75 Å². The number of fused-ring (bicyclic) bond motifs is 1. The highest BCUT2D eigenvalue weighted by Gasteiger charge is 2.79. The first kappa shape index (κ1) is 33.4. The Bertz CT molecular complexity index is 1430. The second-order valence-corrected chi connectivity index (χ2v) is 12.5. The van der Waals surface area contributed by atoms with E-state index in [9.17, 15) is 19.5 Å². The van der Waals surface area contributed by atoms with Crippen LogP contribution in [0, 0.1) is 11.8 Å². The molecular formula is C37H47N3O6. The molecule has 6 atom stereocenters. The van der Waals surface area contributed by atoms with Crippen molar-refractivity contribution in [3.63, 3.8) is 0 Å². The minimum Gasteiger partial charge on any atom is -0.494 e. The lowest BCUT2D eigenvalue weighted by molar-refractivity contribution is -0.156. The van der Waals surface area contributed by atoms with E-state index in [2.05, 4.69) is 13.2 Å². The molecule has 2 aromatic rings. The predicted molar refractivity (Wildman–Crippen MR) is 177 cm³/mol. The normalized spacial score (nSPS) is 26.8. The van der Waals surface area contributed by atoms with Crippen LogP contribution in [0.25, 0.3) is 0 Å². The van der Waals surface area contributed by atoms with Crippen LogP contribution in [0.4, 0.5) is 5.69 Å². The smallest absolute Gasteiger partial charge is 0.249 e. The summed E-state index contributed by atoms with van der Waals surface area (Å²) in [6.07, 6.45) is 5.31. The fourth-order valence-electron chi connectivity index (χ4n) is 7.99. The van der Waals surface area contributed by atoms with Crippen LogP contribution in [0.1, 0.15) is 52.0 Å². The first-order valence-electron chi connectivity index (χ1n) is 16.5. The van der Waals surface area contributed by atoms with E-state index in [0.717, 1.165) is 5.56 Å². The number of carbonyl (C=O) groups excluding carboxylic acids is 3. The van der Waals surface area contributed by atoms with E-state index in [4.69, 9.17) is 9.47 Å². The Morgan fingerprint density at radius 2 is 1.74 bits per heavy atom. The molecular weight excluding hydrogens is 582 g/mol. The van der Waals surface area contributed by atoms with Gasteiger partial charge in [-0.2, -0.15) is 0 Å². The molecule has 3 aliphatic heterocycles. The standard InChI is InChI=1S/C37H47N3O6/c1-6-22-38(24-26-14-12-11-13-15-26)35(44)32-37-21-20-36(9-4,46-37)30(31(37)34(43)40(32)27(8-3)25-41)33(42)39(23-7-2)28-16-18-29(19-17-28)45-10-5/h6-7,11-19,27,30-32,41H,1-2,8-10,20-25H2,3-5H3/t27-,30-,31-,32?,36+,37?/m0/s1. The van der Waals surface area contributed by atoms with Crippen LogP contribution in [-0.4, -0.2) is 82.2 Å². The summed E-state index contributed by atoms with van der Waals surface area (Å²) in [7, 11) is 0. The number of anilines is 1. The Hall–Kier alpha value is -3.95. The molecule has 0 radical (unpaired) electrons. The number of benzene rings is 2. The molecule has 2 aromatic carbocycles. The first-order chi connectivity index (χ1) is 22.2. The van der Waals surface area contributed by atoms with Crippen molar-refractivity contribution in [1.82, 2.24) is 9.80 Å². The summed E-state index contributed by atoms with van der Waals surface area (Å²) < 4.78 is 12.6. The number of likely N-dealkylation sites (tertiary alicyclic amines) is 1. The van der Waals surface area contributed by atoms with Crippen LogP contribution in [0.2, 0.25) is 0 Å². The third-order valence-electron chi connectivity index (χ3n) is 10.1. The van der Waals surface area contributed by atoms with Gasteiger partial charge in [-0.05, 0) is 62.4 Å². The summed E-state index contributed by atoms with van der Waals surface area (Å²) in [6, 6.07) is 15.4. The van der Waals surface area contributed by atoms with Gasteiger partial charge in [0, 0.05) is 25.3 Å². The Balaban J connectivity index is 1.59. The van der Waals surface area contributed by atoms with E-state index in [0.29, 0.717) is 50.3 Å². The number of carbonyl (C=O) groups is 3. The lowest BCUT2D eigenvalue weighted by Gasteiger charge is -2.39. The van der Waals surface area contributed by atoms with Gasteiger partial charge in [-0.15, -0.1) is 13.2 Å². The molecule has 2 unspecified atom stereocenters. The van der Waals surface area contributed by atoms with Crippen molar-refractivity contribution in [1.29, 1.82) is 0 Å². The lowest BCUT2D eigenvalue weighted by Crippen LogP contribution is -2.58. The maximum atomic E-state index is 14.8. The lowest BCUT2D eigenvalue weighted by atomic mass is 9.64. The van der Waals surface area contributed by atoms with E-state index in [1.165, 1.54) is 0 Å². The van der Waals surface area contributed by atoms with E-state index in [1.807, 2.05) is 75.4 Å². The zero-order chi connectivity index (χ0) is 33.1. The molecule has 3 amide bonds. The highest BCUT2D eigenvalue weighted by molar-refractivity contribution is 6.03.